The Hall–Kier alpha value is -1.35. The maximum Gasteiger partial charge on any atom is 0.310 e. The largest absolute Gasteiger partial charge is 0.458 e. The Bertz CT molecular complexity index is 498. The van der Waals surface area contributed by atoms with E-state index in [-0.39, 0.29) is 11.6 Å². The molecule has 0 aromatic heterocycles. The van der Waals surface area contributed by atoms with E-state index < -0.39 is 0 Å². The lowest BCUT2D eigenvalue weighted by Gasteiger charge is -2.47. The van der Waals surface area contributed by atoms with Crippen LogP contribution in [0.2, 0.25) is 0 Å². The molecule has 1 aromatic rings. The highest BCUT2D eigenvalue weighted by Crippen LogP contribution is 2.42. The van der Waals surface area contributed by atoms with E-state index in [0.29, 0.717) is 18.3 Å². The van der Waals surface area contributed by atoms with Crippen molar-refractivity contribution in [3.05, 3.63) is 35.9 Å². The summed E-state index contributed by atoms with van der Waals surface area (Å²) in [7, 11) is 4.21. The third kappa shape index (κ3) is 4.57. The fourth-order valence-corrected chi connectivity index (χ4v) is 3.95. The fraction of sp³-hybridized carbons (Fsp3) is 0.650. The van der Waals surface area contributed by atoms with Crippen LogP contribution in [0.25, 0.3) is 0 Å². The summed E-state index contributed by atoms with van der Waals surface area (Å²) in [6.07, 6.45) is 4.90. The summed E-state index contributed by atoms with van der Waals surface area (Å²) in [5, 5.41) is 0. The van der Waals surface area contributed by atoms with Gasteiger partial charge in [-0.1, -0.05) is 50.6 Å². The molecular weight excluding hydrogens is 286 g/mol. The SMILES string of the molecule is CC(C)C1(OC(=O)Cc2ccccc2)CCCCC1CN(C)C. The Morgan fingerprint density at radius 2 is 1.96 bits per heavy atom. The molecule has 2 rings (SSSR count). The molecule has 0 heterocycles. The van der Waals surface area contributed by atoms with E-state index >= 15 is 0 Å². The van der Waals surface area contributed by atoms with E-state index in [1.807, 2.05) is 30.3 Å². The second-order valence-corrected chi connectivity index (χ2v) is 7.45. The number of esters is 1. The molecule has 0 amide bonds. The van der Waals surface area contributed by atoms with Gasteiger partial charge >= 0.3 is 5.97 Å². The van der Waals surface area contributed by atoms with Crippen LogP contribution in [-0.4, -0.2) is 37.1 Å². The monoisotopic (exact) mass is 317 g/mol. The van der Waals surface area contributed by atoms with Crippen molar-refractivity contribution in [2.45, 2.75) is 51.6 Å². The van der Waals surface area contributed by atoms with Gasteiger partial charge in [0.2, 0.25) is 0 Å². The average Bonchev–Trinajstić information content (AvgIpc) is 2.49. The summed E-state index contributed by atoms with van der Waals surface area (Å²) in [4.78, 5) is 14.8. The number of hydrogen-bond acceptors (Lipinski definition) is 3. The summed E-state index contributed by atoms with van der Waals surface area (Å²) in [5.41, 5.74) is 0.713. The van der Waals surface area contributed by atoms with Crippen molar-refractivity contribution in [1.29, 1.82) is 0 Å². The molecule has 0 N–H and O–H groups in total. The molecule has 0 radical (unpaired) electrons. The highest BCUT2D eigenvalue weighted by atomic mass is 16.6. The van der Waals surface area contributed by atoms with Gasteiger partial charge in [-0.15, -0.1) is 0 Å². The van der Waals surface area contributed by atoms with Crippen LogP contribution >= 0.6 is 0 Å². The van der Waals surface area contributed by atoms with Crippen molar-refractivity contribution < 1.29 is 9.53 Å². The molecular formula is C20H31NO2. The fourth-order valence-electron chi connectivity index (χ4n) is 3.95. The van der Waals surface area contributed by atoms with Crippen LogP contribution in [0.1, 0.15) is 45.1 Å². The van der Waals surface area contributed by atoms with Crippen molar-refractivity contribution in [2.24, 2.45) is 11.8 Å². The van der Waals surface area contributed by atoms with E-state index in [1.54, 1.807) is 0 Å². The molecule has 0 spiro atoms. The Labute approximate surface area is 141 Å². The minimum Gasteiger partial charge on any atom is -0.458 e. The van der Waals surface area contributed by atoms with Crippen molar-refractivity contribution in [3.8, 4) is 0 Å². The summed E-state index contributed by atoms with van der Waals surface area (Å²) >= 11 is 0. The minimum atomic E-state index is -0.311. The van der Waals surface area contributed by atoms with Crippen LogP contribution in [0.5, 0.6) is 0 Å². The van der Waals surface area contributed by atoms with E-state index in [4.69, 9.17) is 4.74 Å². The Kier molecular flexibility index (Phi) is 6.23. The number of ether oxygens (including phenoxy) is 1. The number of carbonyl (C=O) groups excluding carboxylic acids is 1. The smallest absolute Gasteiger partial charge is 0.310 e. The van der Waals surface area contributed by atoms with Crippen molar-refractivity contribution in [3.63, 3.8) is 0 Å². The molecule has 2 atom stereocenters. The van der Waals surface area contributed by atoms with Gasteiger partial charge in [0.15, 0.2) is 0 Å². The van der Waals surface area contributed by atoms with Gasteiger partial charge in [0.25, 0.3) is 0 Å². The molecule has 0 bridgehead atoms. The van der Waals surface area contributed by atoms with E-state index in [1.165, 1.54) is 6.42 Å². The molecule has 1 aliphatic rings. The first-order valence-corrected chi connectivity index (χ1v) is 8.84. The van der Waals surface area contributed by atoms with Gasteiger partial charge in [-0.2, -0.15) is 0 Å². The predicted molar refractivity (Wildman–Crippen MR) is 94.3 cm³/mol. The highest BCUT2D eigenvalue weighted by Gasteiger charge is 2.46. The second-order valence-electron chi connectivity index (χ2n) is 7.45. The second kappa shape index (κ2) is 7.96. The van der Waals surface area contributed by atoms with E-state index in [9.17, 15) is 4.79 Å². The van der Waals surface area contributed by atoms with E-state index in [2.05, 4.69) is 32.8 Å². The third-order valence-corrected chi connectivity index (χ3v) is 5.12. The molecule has 1 aliphatic carbocycles. The standard InChI is InChI=1S/C20H31NO2/c1-16(2)20(13-9-8-12-18(20)15-21(3)4)23-19(22)14-17-10-6-5-7-11-17/h5-7,10-11,16,18H,8-9,12-15H2,1-4H3. The number of hydrogen-bond donors (Lipinski definition) is 0. The van der Waals surface area contributed by atoms with Gasteiger partial charge in [0, 0.05) is 12.5 Å². The molecule has 0 aliphatic heterocycles. The Balaban J connectivity index is 2.13. The quantitative estimate of drug-likeness (QED) is 0.745. The zero-order valence-corrected chi connectivity index (χ0v) is 15.0. The Morgan fingerprint density at radius 3 is 2.57 bits per heavy atom. The highest BCUT2D eigenvalue weighted by molar-refractivity contribution is 5.73. The van der Waals surface area contributed by atoms with Gasteiger partial charge in [-0.05, 0) is 44.8 Å². The van der Waals surface area contributed by atoms with Crippen molar-refractivity contribution in [2.75, 3.05) is 20.6 Å². The number of benzene rings is 1. The van der Waals surface area contributed by atoms with Gasteiger partial charge < -0.3 is 9.64 Å². The van der Waals surface area contributed by atoms with Gasteiger partial charge in [-0.25, -0.2) is 0 Å². The lowest BCUT2D eigenvalue weighted by molar-refractivity contribution is -0.180. The van der Waals surface area contributed by atoms with Gasteiger partial charge in [0.1, 0.15) is 5.60 Å². The molecule has 3 heteroatoms. The molecule has 1 fully saturated rings. The van der Waals surface area contributed by atoms with Gasteiger partial charge in [-0.3, -0.25) is 4.79 Å². The normalized spacial score (nSPS) is 24.9. The number of carbonyl (C=O) groups is 1. The molecule has 23 heavy (non-hydrogen) atoms. The van der Waals surface area contributed by atoms with Crippen molar-refractivity contribution in [1.82, 2.24) is 4.90 Å². The summed E-state index contributed by atoms with van der Waals surface area (Å²) in [6.45, 7) is 5.38. The molecule has 1 saturated carbocycles. The minimum absolute atomic E-state index is 0.0874. The predicted octanol–water partition coefficient (Wildman–Crippen LogP) is 3.92. The number of rotatable bonds is 6. The molecule has 1 aromatic carbocycles. The topological polar surface area (TPSA) is 29.5 Å². The first kappa shape index (κ1) is 18.0. The zero-order chi connectivity index (χ0) is 16.9. The lowest BCUT2D eigenvalue weighted by atomic mass is 9.69. The lowest BCUT2D eigenvalue weighted by Crippen LogP contribution is -2.52. The molecule has 0 saturated heterocycles. The maximum absolute atomic E-state index is 12.6. The van der Waals surface area contributed by atoms with Crippen LogP contribution in [0, 0.1) is 11.8 Å². The summed E-state index contributed by atoms with van der Waals surface area (Å²) in [6, 6.07) is 9.88. The molecule has 3 nitrogen and oxygen atoms in total. The average molecular weight is 317 g/mol. The van der Waals surface area contributed by atoms with Crippen LogP contribution in [0.15, 0.2) is 30.3 Å². The van der Waals surface area contributed by atoms with Crippen LogP contribution in [-0.2, 0) is 16.0 Å². The summed E-state index contributed by atoms with van der Waals surface area (Å²) < 4.78 is 6.19. The first-order chi connectivity index (χ1) is 10.9. The first-order valence-electron chi connectivity index (χ1n) is 8.84. The van der Waals surface area contributed by atoms with Crippen molar-refractivity contribution >= 4 is 5.97 Å². The van der Waals surface area contributed by atoms with Crippen LogP contribution in [0.3, 0.4) is 0 Å². The maximum atomic E-state index is 12.6. The summed E-state index contributed by atoms with van der Waals surface area (Å²) in [5.74, 6) is 0.675. The molecule has 128 valence electrons. The Morgan fingerprint density at radius 1 is 1.26 bits per heavy atom. The number of nitrogens with zero attached hydrogens (tertiary/aromatic N) is 1. The third-order valence-electron chi connectivity index (χ3n) is 5.12. The molecule has 2 unspecified atom stereocenters. The van der Waals surface area contributed by atoms with Gasteiger partial charge in [0.05, 0.1) is 6.42 Å². The zero-order valence-electron chi connectivity index (χ0n) is 15.0. The van der Waals surface area contributed by atoms with E-state index in [0.717, 1.165) is 31.4 Å². The van der Waals surface area contributed by atoms with Crippen LogP contribution in [0.4, 0.5) is 0 Å². The van der Waals surface area contributed by atoms with Crippen LogP contribution < -0.4 is 0 Å².